The number of hydrogen-bond donors (Lipinski definition) is 3. The Balaban J connectivity index is 2.37. The van der Waals surface area contributed by atoms with Crippen LogP contribution in [0, 0.1) is 0 Å². The van der Waals surface area contributed by atoms with Gasteiger partial charge in [0, 0.05) is 18.8 Å². The standard InChI is InChI=1S/C13H15N3O4S/c1-2-16-8-9(3-6-13(16)18)15-21(19,20)10-4-5-12(17)11(14)7-10/h3-8,15,17H,2,14H2,1H3. The van der Waals surface area contributed by atoms with Gasteiger partial charge in [0.1, 0.15) is 5.75 Å². The summed E-state index contributed by atoms with van der Waals surface area (Å²) in [5.74, 6) is -0.187. The lowest BCUT2D eigenvalue weighted by Crippen LogP contribution is -2.20. The predicted molar refractivity (Wildman–Crippen MR) is 79.7 cm³/mol. The van der Waals surface area contributed by atoms with Crippen LogP contribution in [0.3, 0.4) is 0 Å². The molecule has 1 aromatic heterocycles. The highest BCUT2D eigenvalue weighted by molar-refractivity contribution is 7.92. The predicted octanol–water partition coefficient (Wildman–Crippen LogP) is 0.957. The van der Waals surface area contributed by atoms with Crippen LogP contribution < -0.4 is 16.0 Å². The molecule has 0 saturated heterocycles. The molecule has 0 saturated carbocycles. The van der Waals surface area contributed by atoms with Crippen LogP contribution in [0.2, 0.25) is 0 Å². The number of aromatic hydroxyl groups is 1. The summed E-state index contributed by atoms with van der Waals surface area (Å²) in [7, 11) is -3.85. The highest BCUT2D eigenvalue weighted by Crippen LogP contribution is 2.24. The van der Waals surface area contributed by atoms with Crippen molar-refractivity contribution in [1.29, 1.82) is 0 Å². The average Bonchev–Trinajstić information content (AvgIpc) is 2.43. The van der Waals surface area contributed by atoms with E-state index in [2.05, 4.69) is 4.72 Å². The van der Waals surface area contributed by atoms with Gasteiger partial charge in [-0.25, -0.2) is 8.42 Å². The topological polar surface area (TPSA) is 114 Å². The smallest absolute Gasteiger partial charge is 0.262 e. The molecule has 0 spiro atoms. The lowest BCUT2D eigenvalue weighted by Gasteiger charge is -2.10. The zero-order valence-electron chi connectivity index (χ0n) is 11.3. The molecule has 0 amide bonds. The number of aryl methyl sites for hydroxylation is 1. The number of phenols is 1. The van der Waals surface area contributed by atoms with Gasteiger partial charge in [0.05, 0.1) is 16.3 Å². The number of phenolic OH excluding ortho intramolecular Hbond substituents is 1. The molecule has 4 N–H and O–H groups in total. The molecule has 21 heavy (non-hydrogen) atoms. The molecule has 0 fully saturated rings. The second-order valence-corrected chi connectivity index (χ2v) is 6.05. The summed E-state index contributed by atoms with van der Waals surface area (Å²) >= 11 is 0. The molecule has 0 aliphatic carbocycles. The van der Waals surface area contributed by atoms with Crippen molar-refractivity contribution in [3.63, 3.8) is 0 Å². The van der Waals surface area contributed by atoms with Gasteiger partial charge in [-0.05, 0) is 31.2 Å². The lowest BCUT2D eigenvalue weighted by molar-refractivity contribution is 0.477. The largest absolute Gasteiger partial charge is 0.506 e. The zero-order chi connectivity index (χ0) is 15.6. The number of anilines is 2. The third-order valence-corrected chi connectivity index (χ3v) is 4.26. The van der Waals surface area contributed by atoms with Crippen molar-refractivity contribution in [3.8, 4) is 5.75 Å². The second kappa shape index (κ2) is 5.49. The van der Waals surface area contributed by atoms with E-state index in [0.29, 0.717) is 6.54 Å². The van der Waals surface area contributed by atoms with Crippen LogP contribution in [0.5, 0.6) is 5.75 Å². The number of sulfonamides is 1. The Hall–Kier alpha value is -2.48. The van der Waals surface area contributed by atoms with E-state index in [9.17, 15) is 18.3 Å². The number of nitrogens with zero attached hydrogens (tertiary/aromatic N) is 1. The Morgan fingerprint density at radius 2 is 2.00 bits per heavy atom. The van der Waals surface area contributed by atoms with E-state index in [4.69, 9.17) is 5.73 Å². The molecule has 1 aromatic carbocycles. The number of pyridine rings is 1. The number of rotatable bonds is 4. The van der Waals surface area contributed by atoms with Gasteiger partial charge in [0.25, 0.3) is 15.6 Å². The van der Waals surface area contributed by atoms with Crippen LogP contribution in [-0.2, 0) is 16.6 Å². The summed E-state index contributed by atoms with van der Waals surface area (Å²) in [6.45, 7) is 2.21. The minimum Gasteiger partial charge on any atom is -0.506 e. The second-order valence-electron chi connectivity index (χ2n) is 4.37. The third-order valence-electron chi connectivity index (χ3n) is 2.89. The van der Waals surface area contributed by atoms with Gasteiger partial charge in [0.2, 0.25) is 0 Å². The van der Waals surface area contributed by atoms with Crippen molar-refractivity contribution >= 4 is 21.4 Å². The van der Waals surface area contributed by atoms with Crippen molar-refractivity contribution in [2.75, 3.05) is 10.5 Å². The van der Waals surface area contributed by atoms with Gasteiger partial charge >= 0.3 is 0 Å². The fourth-order valence-corrected chi connectivity index (χ4v) is 2.83. The minimum absolute atomic E-state index is 0.0311. The van der Waals surface area contributed by atoms with Gasteiger partial charge in [-0.15, -0.1) is 0 Å². The monoisotopic (exact) mass is 309 g/mol. The molecule has 0 bridgehead atoms. The molecule has 0 unspecified atom stereocenters. The molecule has 0 radical (unpaired) electrons. The van der Waals surface area contributed by atoms with Crippen molar-refractivity contribution in [2.45, 2.75) is 18.4 Å². The fraction of sp³-hybridized carbons (Fsp3) is 0.154. The number of nitrogen functional groups attached to an aromatic ring is 1. The van der Waals surface area contributed by atoms with Crippen LogP contribution >= 0.6 is 0 Å². The molecule has 2 rings (SSSR count). The molecule has 2 aromatic rings. The molecular formula is C13H15N3O4S. The van der Waals surface area contributed by atoms with E-state index in [1.165, 1.54) is 35.0 Å². The lowest BCUT2D eigenvalue weighted by atomic mass is 10.3. The Morgan fingerprint density at radius 1 is 1.29 bits per heavy atom. The number of hydrogen-bond acceptors (Lipinski definition) is 5. The van der Waals surface area contributed by atoms with Gasteiger partial charge in [-0.3, -0.25) is 9.52 Å². The maximum Gasteiger partial charge on any atom is 0.262 e. The summed E-state index contributed by atoms with van der Waals surface area (Å²) < 4.78 is 28.2. The Labute approximate surface area is 121 Å². The molecule has 0 aliphatic heterocycles. The summed E-state index contributed by atoms with van der Waals surface area (Å²) in [6.07, 6.45) is 1.42. The number of aromatic nitrogens is 1. The first-order valence-electron chi connectivity index (χ1n) is 6.15. The van der Waals surface area contributed by atoms with Crippen LogP contribution in [0.25, 0.3) is 0 Å². The van der Waals surface area contributed by atoms with E-state index >= 15 is 0 Å². The van der Waals surface area contributed by atoms with E-state index in [1.54, 1.807) is 6.92 Å². The normalized spacial score (nSPS) is 11.3. The SMILES string of the molecule is CCn1cc(NS(=O)(=O)c2ccc(O)c(N)c2)ccc1=O. The Bertz CT molecular complexity index is 828. The summed E-state index contributed by atoms with van der Waals surface area (Å²) in [6, 6.07) is 6.27. The first-order chi connectivity index (χ1) is 9.83. The van der Waals surface area contributed by atoms with Crippen LogP contribution in [-0.4, -0.2) is 18.1 Å². The van der Waals surface area contributed by atoms with E-state index in [-0.39, 0.29) is 27.6 Å². The van der Waals surface area contributed by atoms with Crippen molar-refractivity contribution in [1.82, 2.24) is 4.57 Å². The molecule has 7 nitrogen and oxygen atoms in total. The van der Waals surface area contributed by atoms with Crippen LogP contribution in [0.4, 0.5) is 11.4 Å². The third kappa shape index (κ3) is 3.16. The van der Waals surface area contributed by atoms with Gasteiger partial charge < -0.3 is 15.4 Å². The average molecular weight is 309 g/mol. The molecule has 0 atom stereocenters. The number of nitrogens with one attached hydrogen (secondary N) is 1. The quantitative estimate of drug-likeness (QED) is 0.575. The zero-order valence-corrected chi connectivity index (χ0v) is 12.1. The highest BCUT2D eigenvalue weighted by Gasteiger charge is 2.16. The Morgan fingerprint density at radius 3 is 2.62 bits per heavy atom. The van der Waals surface area contributed by atoms with E-state index in [1.807, 2.05) is 0 Å². The highest BCUT2D eigenvalue weighted by atomic mass is 32.2. The molecule has 1 heterocycles. The first-order valence-corrected chi connectivity index (χ1v) is 7.63. The van der Waals surface area contributed by atoms with Crippen LogP contribution in [0.1, 0.15) is 6.92 Å². The summed E-state index contributed by atoms with van der Waals surface area (Å²) in [4.78, 5) is 11.4. The van der Waals surface area contributed by atoms with Crippen molar-refractivity contribution in [2.24, 2.45) is 0 Å². The Kier molecular flexibility index (Phi) is 3.90. The van der Waals surface area contributed by atoms with Gasteiger partial charge in [0.15, 0.2) is 0 Å². The van der Waals surface area contributed by atoms with Gasteiger partial charge in [-0.2, -0.15) is 0 Å². The van der Waals surface area contributed by atoms with E-state index < -0.39 is 10.0 Å². The summed E-state index contributed by atoms with van der Waals surface area (Å²) in [5, 5.41) is 9.32. The molecule has 8 heteroatoms. The minimum atomic E-state index is -3.85. The maximum absolute atomic E-state index is 12.2. The van der Waals surface area contributed by atoms with Crippen molar-refractivity contribution < 1.29 is 13.5 Å². The summed E-state index contributed by atoms with van der Waals surface area (Å²) in [5.41, 5.74) is 5.51. The van der Waals surface area contributed by atoms with Crippen molar-refractivity contribution in [3.05, 3.63) is 46.9 Å². The van der Waals surface area contributed by atoms with Gasteiger partial charge in [-0.1, -0.05) is 0 Å². The first kappa shape index (κ1) is 14.9. The molecular weight excluding hydrogens is 294 g/mol. The number of nitrogens with two attached hydrogens (primary N) is 1. The fourth-order valence-electron chi connectivity index (χ4n) is 1.75. The maximum atomic E-state index is 12.2. The molecule has 112 valence electrons. The van der Waals surface area contributed by atoms with E-state index in [0.717, 1.165) is 6.07 Å². The van der Waals surface area contributed by atoms with Crippen LogP contribution in [0.15, 0.2) is 46.2 Å². The molecule has 0 aliphatic rings. The number of benzene rings is 1.